The average Bonchev–Trinajstić information content (AvgIpc) is 2.48. The maximum absolute atomic E-state index is 10.7. The van der Waals surface area contributed by atoms with E-state index in [0.29, 0.717) is 18.3 Å². The number of nitrogens with zero attached hydrogens (tertiary/aromatic N) is 2. The average molecular weight is 294 g/mol. The van der Waals surface area contributed by atoms with Crippen LogP contribution in [-0.4, -0.2) is 47.3 Å². The predicted molar refractivity (Wildman–Crippen MR) is 79.4 cm³/mol. The van der Waals surface area contributed by atoms with E-state index in [-0.39, 0.29) is 11.8 Å². The zero-order chi connectivity index (χ0) is 15.2. The SMILES string of the molecule is CC(O)C1CCN(CCOc2cccc([N+](=O)[O-])c2)CC1. The van der Waals surface area contributed by atoms with Crippen LogP contribution in [0.25, 0.3) is 0 Å². The summed E-state index contributed by atoms with van der Waals surface area (Å²) >= 11 is 0. The van der Waals surface area contributed by atoms with Crippen LogP contribution in [0.15, 0.2) is 24.3 Å². The van der Waals surface area contributed by atoms with Crippen LogP contribution in [0.3, 0.4) is 0 Å². The first-order valence-electron chi connectivity index (χ1n) is 7.34. The lowest BCUT2D eigenvalue weighted by atomic mass is 9.92. The van der Waals surface area contributed by atoms with Gasteiger partial charge in [-0.1, -0.05) is 6.07 Å². The summed E-state index contributed by atoms with van der Waals surface area (Å²) in [6, 6.07) is 6.25. The molecule has 0 saturated carbocycles. The Morgan fingerprint density at radius 2 is 2.19 bits per heavy atom. The van der Waals surface area contributed by atoms with E-state index >= 15 is 0 Å². The highest BCUT2D eigenvalue weighted by Crippen LogP contribution is 2.21. The fourth-order valence-electron chi connectivity index (χ4n) is 2.64. The van der Waals surface area contributed by atoms with Crippen molar-refractivity contribution < 1.29 is 14.8 Å². The maximum Gasteiger partial charge on any atom is 0.273 e. The van der Waals surface area contributed by atoms with E-state index in [9.17, 15) is 15.2 Å². The molecule has 1 heterocycles. The molecule has 0 bridgehead atoms. The molecular weight excluding hydrogens is 272 g/mol. The van der Waals surface area contributed by atoms with Gasteiger partial charge < -0.3 is 9.84 Å². The predicted octanol–water partition coefficient (Wildman–Crippen LogP) is 2.07. The zero-order valence-corrected chi connectivity index (χ0v) is 12.3. The number of rotatable bonds is 6. The van der Waals surface area contributed by atoms with Gasteiger partial charge in [0.1, 0.15) is 12.4 Å². The monoisotopic (exact) mass is 294 g/mol. The van der Waals surface area contributed by atoms with E-state index in [1.165, 1.54) is 12.1 Å². The Morgan fingerprint density at radius 3 is 2.81 bits per heavy atom. The van der Waals surface area contributed by atoms with Gasteiger partial charge in [-0.2, -0.15) is 0 Å². The molecule has 116 valence electrons. The zero-order valence-electron chi connectivity index (χ0n) is 12.3. The summed E-state index contributed by atoms with van der Waals surface area (Å²) < 4.78 is 5.58. The number of hydrogen-bond donors (Lipinski definition) is 1. The Morgan fingerprint density at radius 1 is 1.48 bits per heavy atom. The molecule has 1 fully saturated rings. The summed E-state index contributed by atoms with van der Waals surface area (Å²) in [5.41, 5.74) is 0.0465. The van der Waals surface area contributed by atoms with Gasteiger partial charge in [-0.05, 0) is 44.8 Å². The quantitative estimate of drug-likeness (QED) is 0.642. The lowest BCUT2D eigenvalue weighted by Crippen LogP contribution is -2.39. The van der Waals surface area contributed by atoms with Crippen molar-refractivity contribution in [2.24, 2.45) is 5.92 Å². The number of aliphatic hydroxyl groups is 1. The van der Waals surface area contributed by atoms with Gasteiger partial charge in [0.15, 0.2) is 0 Å². The van der Waals surface area contributed by atoms with Crippen molar-refractivity contribution in [3.63, 3.8) is 0 Å². The van der Waals surface area contributed by atoms with Crippen LogP contribution in [-0.2, 0) is 0 Å². The molecule has 1 saturated heterocycles. The third-order valence-corrected chi connectivity index (χ3v) is 4.02. The van der Waals surface area contributed by atoms with Gasteiger partial charge in [0, 0.05) is 12.6 Å². The minimum atomic E-state index is -0.423. The maximum atomic E-state index is 10.7. The lowest BCUT2D eigenvalue weighted by Gasteiger charge is -2.33. The molecule has 1 N–H and O–H groups in total. The minimum Gasteiger partial charge on any atom is -0.492 e. The second-order valence-electron chi connectivity index (χ2n) is 5.52. The lowest BCUT2D eigenvalue weighted by molar-refractivity contribution is -0.384. The highest BCUT2D eigenvalue weighted by Gasteiger charge is 2.22. The molecule has 6 nitrogen and oxygen atoms in total. The van der Waals surface area contributed by atoms with Crippen molar-refractivity contribution in [1.82, 2.24) is 4.90 Å². The van der Waals surface area contributed by atoms with Gasteiger partial charge in [-0.3, -0.25) is 15.0 Å². The number of hydrogen-bond acceptors (Lipinski definition) is 5. The molecule has 1 aliphatic heterocycles. The molecule has 1 aromatic carbocycles. The second-order valence-corrected chi connectivity index (χ2v) is 5.52. The third-order valence-electron chi connectivity index (χ3n) is 4.02. The smallest absolute Gasteiger partial charge is 0.273 e. The van der Waals surface area contributed by atoms with Crippen molar-refractivity contribution in [2.75, 3.05) is 26.2 Å². The van der Waals surface area contributed by atoms with E-state index < -0.39 is 4.92 Å². The molecule has 0 radical (unpaired) electrons. The summed E-state index contributed by atoms with van der Waals surface area (Å²) in [4.78, 5) is 12.6. The Labute approximate surface area is 124 Å². The highest BCUT2D eigenvalue weighted by molar-refractivity contribution is 5.37. The second kappa shape index (κ2) is 7.38. The normalized spacial score (nSPS) is 18.4. The minimum absolute atomic E-state index is 0.0465. The van der Waals surface area contributed by atoms with Crippen LogP contribution in [0.5, 0.6) is 5.75 Å². The molecule has 1 atom stereocenters. The number of non-ortho nitro benzene ring substituents is 1. The van der Waals surface area contributed by atoms with Crippen LogP contribution in [0.2, 0.25) is 0 Å². The Kier molecular flexibility index (Phi) is 5.52. The Hall–Kier alpha value is -1.66. The van der Waals surface area contributed by atoms with E-state index in [1.54, 1.807) is 12.1 Å². The van der Waals surface area contributed by atoms with E-state index in [2.05, 4.69) is 4.90 Å². The fourth-order valence-corrected chi connectivity index (χ4v) is 2.64. The fraction of sp³-hybridized carbons (Fsp3) is 0.600. The van der Waals surface area contributed by atoms with Gasteiger partial charge in [0.05, 0.1) is 17.1 Å². The van der Waals surface area contributed by atoms with Crippen LogP contribution in [0.1, 0.15) is 19.8 Å². The van der Waals surface area contributed by atoms with Gasteiger partial charge in [0.25, 0.3) is 5.69 Å². The third kappa shape index (κ3) is 4.68. The summed E-state index contributed by atoms with van der Waals surface area (Å²) in [5.74, 6) is 0.932. The number of nitro groups is 1. The van der Waals surface area contributed by atoms with Crippen LogP contribution < -0.4 is 4.74 Å². The molecule has 0 aliphatic carbocycles. The molecule has 1 aliphatic rings. The standard InChI is InChI=1S/C15H22N2O4/c1-12(18)13-5-7-16(8-6-13)9-10-21-15-4-2-3-14(11-15)17(19)20/h2-4,11-13,18H,5-10H2,1H3. The van der Waals surface area contributed by atoms with Crippen molar-refractivity contribution in [1.29, 1.82) is 0 Å². The molecule has 1 aromatic rings. The molecular formula is C15H22N2O4. The Balaban J connectivity index is 1.73. The molecule has 21 heavy (non-hydrogen) atoms. The highest BCUT2D eigenvalue weighted by atomic mass is 16.6. The van der Waals surface area contributed by atoms with Gasteiger partial charge in [-0.15, -0.1) is 0 Å². The summed E-state index contributed by atoms with van der Waals surface area (Å²) in [7, 11) is 0. The number of aliphatic hydroxyl groups excluding tert-OH is 1. The van der Waals surface area contributed by atoms with Crippen LogP contribution in [0.4, 0.5) is 5.69 Å². The summed E-state index contributed by atoms with van der Waals surface area (Å²) in [5, 5.41) is 20.2. The number of benzene rings is 1. The molecule has 1 unspecified atom stereocenters. The molecule has 0 aromatic heterocycles. The molecule has 6 heteroatoms. The Bertz CT molecular complexity index is 470. The molecule has 2 rings (SSSR count). The van der Waals surface area contributed by atoms with Gasteiger partial charge >= 0.3 is 0 Å². The largest absolute Gasteiger partial charge is 0.492 e. The number of nitro benzene ring substituents is 1. The van der Waals surface area contributed by atoms with Gasteiger partial charge in [-0.25, -0.2) is 0 Å². The van der Waals surface area contributed by atoms with Crippen molar-refractivity contribution in [3.05, 3.63) is 34.4 Å². The van der Waals surface area contributed by atoms with E-state index in [4.69, 9.17) is 4.74 Å². The first kappa shape index (κ1) is 15.7. The van der Waals surface area contributed by atoms with Crippen molar-refractivity contribution >= 4 is 5.69 Å². The summed E-state index contributed by atoms with van der Waals surface area (Å²) in [6.07, 6.45) is 1.79. The van der Waals surface area contributed by atoms with Crippen LogP contribution >= 0.6 is 0 Å². The topological polar surface area (TPSA) is 75.8 Å². The van der Waals surface area contributed by atoms with E-state index in [0.717, 1.165) is 32.5 Å². The first-order chi connectivity index (χ1) is 10.1. The molecule has 0 amide bonds. The summed E-state index contributed by atoms with van der Waals surface area (Å²) in [6.45, 7) is 5.10. The first-order valence-corrected chi connectivity index (χ1v) is 7.34. The van der Waals surface area contributed by atoms with Crippen molar-refractivity contribution in [2.45, 2.75) is 25.9 Å². The molecule has 0 spiro atoms. The van der Waals surface area contributed by atoms with E-state index in [1.807, 2.05) is 6.92 Å². The number of likely N-dealkylation sites (tertiary alicyclic amines) is 1. The number of piperidine rings is 1. The van der Waals surface area contributed by atoms with Gasteiger partial charge in [0.2, 0.25) is 0 Å². The van der Waals surface area contributed by atoms with Crippen LogP contribution in [0, 0.1) is 16.0 Å². The number of ether oxygens (including phenoxy) is 1. The van der Waals surface area contributed by atoms with Crippen molar-refractivity contribution in [3.8, 4) is 5.75 Å².